The zero-order valence-electron chi connectivity index (χ0n) is 9.09. The number of piperazine rings is 1. The van der Waals surface area contributed by atoms with Crippen LogP contribution < -0.4 is 16.0 Å². The molecule has 0 amide bonds. The number of halogens is 3. The van der Waals surface area contributed by atoms with Crippen LogP contribution >= 0.6 is 0 Å². The minimum absolute atomic E-state index is 0.829. The van der Waals surface area contributed by atoms with Crippen molar-refractivity contribution in [3.05, 3.63) is 0 Å². The molecule has 0 aromatic rings. The topological polar surface area (TPSA) is 99.7 Å². The van der Waals surface area contributed by atoms with Gasteiger partial charge in [-0.2, -0.15) is 13.2 Å². The molecule has 0 spiro atoms. The van der Waals surface area contributed by atoms with E-state index in [4.69, 9.17) is 18.7 Å². The van der Waals surface area contributed by atoms with Crippen molar-refractivity contribution >= 4 is 10.1 Å². The van der Waals surface area contributed by atoms with Crippen molar-refractivity contribution < 1.29 is 31.0 Å². The molecule has 0 saturated carbocycles. The lowest BCUT2D eigenvalue weighted by atomic mass is 10.3. The summed E-state index contributed by atoms with van der Waals surface area (Å²) < 4.78 is 58.9. The van der Waals surface area contributed by atoms with E-state index >= 15 is 0 Å². The highest BCUT2D eigenvalue weighted by molar-refractivity contribution is 7.86. The van der Waals surface area contributed by atoms with Crippen LogP contribution in [0.3, 0.4) is 0 Å². The van der Waals surface area contributed by atoms with Crippen molar-refractivity contribution in [3.63, 3.8) is 0 Å². The van der Waals surface area contributed by atoms with Crippen LogP contribution in [0.4, 0.5) is 13.2 Å². The molecular formula is C7H16F3N3O3S. The highest BCUT2D eigenvalue weighted by atomic mass is 32.2. The molecule has 1 aliphatic heterocycles. The first-order chi connectivity index (χ1) is 7.68. The highest BCUT2D eigenvalue weighted by Gasteiger charge is 2.36. The SMILES string of the molecule is NCC[NH+]1CCNCC1.O=S(=O)([O-])C(F)(F)F. The first kappa shape index (κ1) is 16.6. The highest BCUT2D eigenvalue weighted by Crippen LogP contribution is 2.20. The Balaban J connectivity index is 0.000000304. The average molecular weight is 279 g/mol. The molecule has 1 heterocycles. The summed E-state index contributed by atoms with van der Waals surface area (Å²) in [6.07, 6.45) is 0. The van der Waals surface area contributed by atoms with E-state index in [-0.39, 0.29) is 0 Å². The van der Waals surface area contributed by atoms with Gasteiger partial charge in [-0.3, -0.25) is 0 Å². The van der Waals surface area contributed by atoms with E-state index in [0.717, 1.165) is 26.2 Å². The van der Waals surface area contributed by atoms with Crippen LogP contribution in [0.5, 0.6) is 0 Å². The summed E-state index contributed by atoms with van der Waals surface area (Å²) in [5, 5.41) is 3.31. The third kappa shape index (κ3) is 7.49. The third-order valence-corrected chi connectivity index (χ3v) is 2.66. The van der Waals surface area contributed by atoms with E-state index < -0.39 is 15.6 Å². The molecule has 0 aromatic heterocycles. The van der Waals surface area contributed by atoms with Crippen LogP contribution in [-0.2, 0) is 10.1 Å². The number of hydrogen-bond acceptors (Lipinski definition) is 5. The molecule has 0 unspecified atom stereocenters. The number of hydrogen-bond donors (Lipinski definition) is 3. The molecule has 0 atom stereocenters. The Labute approximate surface area is 97.7 Å². The number of rotatable bonds is 2. The summed E-state index contributed by atoms with van der Waals surface area (Å²) in [6, 6.07) is 0. The Morgan fingerprint density at radius 1 is 1.29 bits per heavy atom. The number of nitrogens with one attached hydrogen (secondary N) is 2. The van der Waals surface area contributed by atoms with Crippen molar-refractivity contribution in [2.24, 2.45) is 5.73 Å². The number of alkyl halides is 3. The Kier molecular flexibility index (Phi) is 6.94. The Morgan fingerprint density at radius 2 is 1.71 bits per heavy atom. The van der Waals surface area contributed by atoms with Gasteiger partial charge in [0, 0.05) is 19.6 Å². The zero-order valence-corrected chi connectivity index (χ0v) is 9.90. The largest absolute Gasteiger partial charge is 0.741 e. The van der Waals surface area contributed by atoms with E-state index in [2.05, 4.69) is 5.32 Å². The maximum absolute atomic E-state index is 10.7. The molecule has 4 N–H and O–H groups in total. The predicted octanol–water partition coefficient (Wildman–Crippen LogP) is -2.52. The molecule has 0 aliphatic carbocycles. The van der Waals surface area contributed by atoms with Crippen LogP contribution in [0, 0.1) is 0 Å². The van der Waals surface area contributed by atoms with Crippen molar-refractivity contribution in [2.75, 3.05) is 39.3 Å². The van der Waals surface area contributed by atoms with Crippen LogP contribution in [0.25, 0.3) is 0 Å². The van der Waals surface area contributed by atoms with Gasteiger partial charge in [0.25, 0.3) is 0 Å². The van der Waals surface area contributed by atoms with E-state index in [0.29, 0.717) is 0 Å². The lowest BCUT2D eigenvalue weighted by molar-refractivity contribution is -0.900. The molecule has 1 rings (SSSR count). The summed E-state index contributed by atoms with van der Waals surface area (Å²) in [4.78, 5) is 1.65. The maximum atomic E-state index is 10.7. The molecule has 1 aliphatic rings. The van der Waals surface area contributed by atoms with Crippen LogP contribution in [0.15, 0.2) is 0 Å². The summed E-state index contributed by atoms with van der Waals surface area (Å²) in [5.41, 5.74) is -0.228. The van der Waals surface area contributed by atoms with Gasteiger partial charge in [0.05, 0.1) is 19.6 Å². The maximum Gasteiger partial charge on any atom is 0.485 e. The fraction of sp³-hybridized carbons (Fsp3) is 1.00. The molecule has 104 valence electrons. The van der Waals surface area contributed by atoms with Gasteiger partial charge in [-0.1, -0.05) is 0 Å². The van der Waals surface area contributed by atoms with Crippen LogP contribution in [-0.4, -0.2) is 57.7 Å². The summed E-state index contributed by atoms with van der Waals surface area (Å²) >= 11 is 0. The Bertz CT molecular complexity index is 298. The third-order valence-electron chi connectivity index (χ3n) is 2.09. The molecule has 0 aromatic carbocycles. The number of nitrogens with two attached hydrogens (primary N) is 1. The van der Waals surface area contributed by atoms with Crippen LogP contribution in [0.2, 0.25) is 0 Å². The minimum atomic E-state index is -6.09. The van der Waals surface area contributed by atoms with Gasteiger partial charge in [0.2, 0.25) is 0 Å². The Morgan fingerprint density at radius 3 is 2.00 bits per heavy atom. The normalized spacial score (nSPS) is 18.4. The molecule has 0 bridgehead atoms. The van der Waals surface area contributed by atoms with E-state index in [1.165, 1.54) is 13.1 Å². The summed E-state index contributed by atoms with van der Waals surface area (Å²) in [6.45, 7) is 6.79. The second-order valence-corrected chi connectivity index (χ2v) is 4.81. The minimum Gasteiger partial charge on any atom is -0.741 e. The fourth-order valence-corrected chi connectivity index (χ4v) is 1.23. The quantitative estimate of drug-likeness (QED) is 0.383. The first-order valence-electron chi connectivity index (χ1n) is 4.95. The molecular weight excluding hydrogens is 263 g/mol. The summed E-state index contributed by atoms with van der Waals surface area (Å²) in [5.74, 6) is 0. The smallest absolute Gasteiger partial charge is 0.485 e. The monoisotopic (exact) mass is 279 g/mol. The predicted molar refractivity (Wildman–Crippen MR) is 53.2 cm³/mol. The van der Waals surface area contributed by atoms with Gasteiger partial charge in [0.1, 0.15) is 0 Å². The molecule has 1 fully saturated rings. The lowest BCUT2D eigenvalue weighted by Crippen LogP contribution is -3.15. The van der Waals surface area contributed by atoms with Crippen molar-refractivity contribution in [3.8, 4) is 0 Å². The van der Waals surface area contributed by atoms with E-state index in [1.807, 2.05) is 0 Å². The van der Waals surface area contributed by atoms with Gasteiger partial charge >= 0.3 is 5.51 Å². The molecule has 0 radical (unpaired) electrons. The fourth-order valence-electron chi connectivity index (χ4n) is 1.23. The molecule has 1 saturated heterocycles. The van der Waals surface area contributed by atoms with Gasteiger partial charge in [0.15, 0.2) is 10.1 Å². The molecule has 6 nitrogen and oxygen atoms in total. The van der Waals surface area contributed by atoms with Crippen molar-refractivity contribution in [1.82, 2.24) is 5.32 Å². The zero-order chi connectivity index (χ0) is 13.5. The lowest BCUT2D eigenvalue weighted by Gasteiger charge is -2.23. The number of quaternary nitrogens is 1. The summed E-state index contributed by atoms with van der Waals surface area (Å²) in [7, 11) is -6.09. The van der Waals surface area contributed by atoms with Crippen LogP contribution in [0.1, 0.15) is 0 Å². The Hall–Kier alpha value is -0.420. The second-order valence-electron chi connectivity index (χ2n) is 3.44. The van der Waals surface area contributed by atoms with Gasteiger partial charge < -0.3 is 20.5 Å². The molecule has 10 heteroatoms. The van der Waals surface area contributed by atoms with Gasteiger partial charge in [-0.05, 0) is 0 Å². The standard InChI is InChI=1S/C6H15N3.CHF3O3S/c7-1-4-9-5-2-8-3-6-9;2-1(3,4)8(5,6)7/h8H,1-7H2;(H,5,6,7). The van der Waals surface area contributed by atoms with Crippen molar-refractivity contribution in [1.29, 1.82) is 0 Å². The van der Waals surface area contributed by atoms with Gasteiger partial charge in [-0.25, -0.2) is 8.42 Å². The van der Waals surface area contributed by atoms with Gasteiger partial charge in [-0.15, -0.1) is 0 Å². The van der Waals surface area contributed by atoms with E-state index in [9.17, 15) is 13.2 Å². The molecule has 17 heavy (non-hydrogen) atoms. The first-order valence-corrected chi connectivity index (χ1v) is 6.36. The average Bonchev–Trinajstić information content (AvgIpc) is 2.17. The van der Waals surface area contributed by atoms with E-state index in [1.54, 1.807) is 4.90 Å². The van der Waals surface area contributed by atoms with Crippen molar-refractivity contribution in [2.45, 2.75) is 5.51 Å². The second kappa shape index (κ2) is 7.11.